The van der Waals surface area contributed by atoms with Crippen molar-refractivity contribution in [2.45, 2.75) is 17.6 Å². The van der Waals surface area contributed by atoms with Gasteiger partial charge in [0.1, 0.15) is 24.7 Å². The summed E-state index contributed by atoms with van der Waals surface area (Å²) in [7, 11) is 0. The van der Waals surface area contributed by atoms with E-state index < -0.39 is 17.6 Å². The van der Waals surface area contributed by atoms with Crippen LogP contribution in [0.25, 0.3) is 11.1 Å². The molecule has 0 aromatic heterocycles. The molecule has 0 bridgehead atoms. The van der Waals surface area contributed by atoms with Gasteiger partial charge in [-0.25, -0.2) is 0 Å². The Hall–Kier alpha value is -2.20. The van der Waals surface area contributed by atoms with Crippen LogP contribution >= 0.6 is 47.0 Å². The number of aliphatic hydroxyl groups excluding tert-OH is 2. The highest BCUT2D eigenvalue weighted by molar-refractivity contribution is 8.03. The lowest BCUT2D eigenvalue weighted by atomic mass is 9.68. The summed E-state index contributed by atoms with van der Waals surface area (Å²) in [6.45, 7) is 0.546. The molecule has 1 aliphatic rings. The van der Waals surface area contributed by atoms with Crippen LogP contribution in [0.3, 0.4) is 0 Å². The summed E-state index contributed by atoms with van der Waals surface area (Å²) in [5.41, 5.74) is 6.72. The molecule has 2 N–H and O–H groups in total. The maximum absolute atomic E-state index is 10.4. The summed E-state index contributed by atoms with van der Waals surface area (Å²) in [4.78, 5) is 0. The number of thioether (sulfide) groups is 4. The predicted molar refractivity (Wildman–Crippen MR) is 198 cm³/mol. The molecule has 5 rings (SSSR count). The molecule has 238 valence electrons. The van der Waals surface area contributed by atoms with E-state index in [4.69, 9.17) is 9.47 Å². The van der Waals surface area contributed by atoms with Crippen molar-refractivity contribution >= 4 is 47.0 Å². The van der Waals surface area contributed by atoms with Crippen molar-refractivity contribution in [2.24, 2.45) is 0 Å². The molecule has 0 heterocycles. The predicted octanol–water partition coefficient (Wildman–Crippen LogP) is 7.72. The topological polar surface area (TPSA) is 58.9 Å². The number of hydrogen-bond acceptors (Lipinski definition) is 8. The van der Waals surface area contributed by atoms with E-state index in [0.29, 0.717) is 11.5 Å². The van der Waals surface area contributed by atoms with Crippen molar-refractivity contribution in [3.63, 3.8) is 0 Å². The van der Waals surface area contributed by atoms with E-state index in [1.54, 1.807) is 23.5 Å². The number of fused-ring (bicyclic) bond motifs is 3. The fraction of sp³-hybridized carbons (Fsp3) is 0.351. The van der Waals surface area contributed by atoms with Gasteiger partial charge in [-0.2, -0.15) is 47.0 Å². The lowest BCUT2D eigenvalue weighted by Gasteiger charge is -2.34. The second-order valence-electron chi connectivity index (χ2n) is 11.0. The molecule has 0 radical (unpaired) electrons. The Morgan fingerprint density at radius 1 is 0.556 bits per heavy atom. The van der Waals surface area contributed by atoms with Crippen LogP contribution in [0.4, 0.5) is 0 Å². The Morgan fingerprint density at radius 2 is 0.956 bits per heavy atom. The molecular weight excluding hydrogens is 637 g/mol. The minimum Gasteiger partial charge on any atom is -0.491 e. The fourth-order valence-corrected chi connectivity index (χ4v) is 9.18. The number of aliphatic hydroxyl groups is 2. The number of ether oxygens (including phenoxy) is 2. The highest BCUT2D eigenvalue weighted by Gasteiger charge is 2.45. The molecule has 4 aromatic carbocycles. The molecule has 2 atom stereocenters. The Labute approximate surface area is 285 Å². The van der Waals surface area contributed by atoms with Crippen LogP contribution in [0.2, 0.25) is 0 Å². The van der Waals surface area contributed by atoms with Gasteiger partial charge in [-0.1, -0.05) is 72.8 Å². The third-order valence-corrected chi connectivity index (χ3v) is 11.9. The van der Waals surface area contributed by atoms with Gasteiger partial charge in [-0.05, 0) is 70.2 Å². The Kier molecular flexibility index (Phi) is 13.0. The first-order valence-corrected chi connectivity index (χ1v) is 20.3. The van der Waals surface area contributed by atoms with Crippen molar-refractivity contribution < 1.29 is 19.7 Å². The van der Waals surface area contributed by atoms with Crippen LogP contribution in [0.5, 0.6) is 11.5 Å². The second-order valence-corrected chi connectivity index (χ2v) is 15.2. The van der Waals surface area contributed by atoms with Crippen molar-refractivity contribution in [1.82, 2.24) is 0 Å². The smallest absolute Gasteiger partial charge is 0.119 e. The van der Waals surface area contributed by atoms with Gasteiger partial charge in [0.15, 0.2) is 0 Å². The van der Waals surface area contributed by atoms with Crippen LogP contribution in [0.15, 0.2) is 97.1 Å². The van der Waals surface area contributed by atoms with Gasteiger partial charge >= 0.3 is 0 Å². The van der Waals surface area contributed by atoms with Crippen molar-refractivity contribution in [3.05, 3.63) is 119 Å². The average Bonchev–Trinajstić information content (AvgIpc) is 3.38. The minimum absolute atomic E-state index is 0.273. The average molecular weight is 679 g/mol. The van der Waals surface area contributed by atoms with Crippen molar-refractivity contribution in [3.8, 4) is 22.6 Å². The highest BCUT2D eigenvalue weighted by Crippen LogP contribution is 2.56. The normalized spacial score (nSPS) is 14.4. The van der Waals surface area contributed by atoms with E-state index >= 15 is 0 Å². The molecule has 8 heteroatoms. The molecule has 0 fully saturated rings. The zero-order valence-electron chi connectivity index (χ0n) is 25.9. The van der Waals surface area contributed by atoms with E-state index in [-0.39, 0.29) is 13.2 Å². The summed E-state index contributed by atoms with van der Waals surface area (Å²) < 4.78 is 12.0. The van der Waals surface area contributed by atoms with Gasteiger partial charge in [0.25, 0.3) is 0 Å². The summed E-state index contributed by atoms with van der Waals surface area (Å²) in [6, 6.07) is 34.0. The van der Waals surface area contributed by atoms with Gasteiger partial charge < -0.3 is 19.7 Å². The first kappa shape index (κ1) is 34.1. The van der Waals surface area contributed by atoms with E-state index in [0.717, 1.165) is 45.6 Å². The Bertz CT molecular complexity index is 1370. The maximum Gasteiger partial charge on any atom is 0.119 e. The molecule has 4 aromatic rings. The lowest BCUT2D eigenvalue weighted by Crippen LogP contribution is -2.28. The molecular formula is C37H42O4S4. The van der Waals surface area contributed by atoms with Gasteiger partial charge in [0.2, 0.25) is 0 Å². The maximum atomic E-state index is 10.4. The monoisotopic (exact) mass is 678 g/mol. The molecule has 1 aliphatic carbocycles. The molecule has 0 aliphatic heterocycles. The number of benzene rings is 4. The molecule has 0 amide bonds. The first-order chi connectivity index (χ1) is 22.1. The van der Waals surface area contributed by atoms with E-state index in [9.17, 15) is 10.2 Å². The Balaban J connectivity index is 1.40. The largest absolute Gasteiger partial charge is 0.491 e. The standard InChI is InChI=1S/C37H42O4S4/c1-42-19-21-44-25-29(38)23-40-31-15-11-27(12-16-31)37(35-9-5-3-7-33(35)34-8-4-6-10-36(34)37)28-13-17-32(18-14-28)41-24-30(39)26-45-22-20-43-2/h3-18,29-30,38-39H,19-26H2,1-2H3. The summed E-state index contributed by atoms with van der Waals surface area (Å²) in [5.74, 6) is 7.08. The van der Waals surface area contributed by atoms with Gasteiger partial charge in [0, 0.05) is 34.5 Å². The molecule has 4 nitrogen and oxygen atoms in total. The molecule has 0 saturated carbocycles. The van der Waals surface area contributed by atoms with E-state index in [1.807, 2.05) is 47.8 Å². The second kappa shape index (κ2) is 17.1. The zero-order valence-corrected chi connectivity index (χ0v) is 29.2. The SMILES string of the molecule is CSCCSCC(O)COc1ccc(C2(c3ccc(OCC(O)CSCCSC)cc3)c3ccccc3-c3ccccc32)cc1. The molecule has 0 spiro atoms. The molecule has 45 heavy (non-hydrogen) atoms. The van der Waals surface area contributed by atoms with Crippen LogP contribution in [0, 0.1) is 0 Å². The summed E-state index contributed by atoms with van der Waals surface area (Å²) >= 11 is 7.16. The summed E-state index contributed by atoms with van der Waals surface area (Å²) in [5, 5.41) is 20.8. The third-order valence-electron chi connectivity index (χ3n) is 7.90. The highest BCUT2D eigenvalue weighted by atomic mass is 32.2. The van der Waals surface area contributed by atoms with Crippen molar-refractivity contribution in [2.75, 3.05) is 60.2 Å². The minimum atomic E-state index is -0.523. The molecule has 2 unspecified atom stereocenters. The van der Waals surface area contributed by atoms with Crippen LogP contribution in [-0.2, 0) is 5.41 Å². The van der Waals surface area contributed by atoms with Crippen LogP contribution in [0.1, 0.15) is 22.3 Å². The van der Waals surface area contributed by atoms with Crippen LogP contribution < -0.4 is 9.47 Å². The number of rotatable bonds is 18. The van der Waals surface area contributed by atoms with E-state index in [2.05, 4.69) is 85.3 Å². The van der Waals surface area contributed by atoms with Gasteiger partial charge in [-0.15, -0.1) is 0 Å². The fourth-order valence-electron chi connectivity index (χ4n) is 5.83. The van der Waals surface area contributed by atoms with Crippen LogP contribution in [-0.4, -0.2) is 82.7 Å². The zero-order chi connectivity index (χ0) is 31.5. The lowest BCUT2D eigenvalue weighted by molar-refractivity contribution is 0.126. The van der Waals surface area contributed by atoms with Crippen molar-refractivity contribution in [1.29, 1.82) is 0 Å². The third kappa shape index (κ3) is 8.21. The quantitative estimate of drug-likeness (QED) is 0.0915. The Morgan fingerprint density at radius 3 is 1.36 bits per heavy atom. The van der Waals surface area contributed by atoms with Gasteiger partial charge in [-0.3, -0.25) is 0 Å². The number of hydrogen-bond donors (Lipinski definition) is 2. The molecule has 0 saturated heterocycles. The van der Waals surface area contributed by atoms with Gasteiger partial charge in [0.05, 0.1) is 17.6 Å². The van der Waals surface area contributed by atoms with E-state index in [1.165, 1.54) is 22.3 Å². The summed E-state index contributed by atoms with van der Waals surface area (Å²) in [6.07, 6.45) is 3.20. The first-order valence-electron chi connectivity index (χ1n) is 15.2.